The summed E-state index contributed by atoms with van der Waals surface area (Å²) in [4.78, 5) is 9.11. The lowest BCUT2D eigenvalue weighted by molar-refractivity contribution is 0.337. The second-order valence-corrected chi connectivity index (χ2v) is 6.45. The molecule has 21 heavy (non-hydrogen) atoms. The molecule has 1 saturated carbocycles. The SMILES string of the molecule is CC1CN(C)CCCN1c1ncc(F)cc1CNC1CC1. The maximum absolute atomic E-state index is 13.6. The summed E-state index contributed by atoms with van der Waals surface area (Å²) in [6.45, 7) is 6.06. The van der Waals surface area contributed by atoms with Gasteiger partial charge in [-0.25, -0.2) is 9.37 Å². The van der Waals surface area contributed by atoms with Crippen molar-refractivity contribution < 1.29 is 4.39 Å². The van der Waals surface area contributed by atoms with E-state index in [-0.39, 0.29) is 5.82 Å². The second-order valence-electron chi connectivity index (χ2n) is 6.45. The summed E-state index contributed by atoms with van der Waals surface area (Å²) in [6, 6.07) is 2.66. The molecule has 1 aliphatic carbocycles. The van der Waals surface area contributed by atoms with Gasteiger partial charge in [-0.3, -0.25) is 0 Å². The lowest BCUT2D eigenvalue weighted by atomic mass is 10.2. The number of halogens is 1. The highest BCUT2D eigenvalue weighted by molar-refractivity contribution is 5.48. The molecule has 2 heterocycles. The van der Waals surface area contributed by atoms with Crippen molar-refractivity contribution in [2.75, 3.05) is 31.6 Å². The summed E-state index contributed by atoms with van der Waals surface area (Å²) in [5.41, 5.74) is 0.985. The number of hydrogen-bond donors (Lipinski definition) is 1. The van der Waals surface area contributed by atoms with Gasteiger partial charge < -0.3 is 15.1 Å². The van der Waals surface area contributed by atoms with Gasteiger partial charge >= 0.3 is 0 Å². The maximum Gasteiger partial charge on any atom is 0.141 e. The second kappa shape index (κ2) is 6.28. The Morgan fingerprint density at radius 1 is 1.38 bits per heavy atom. The van der Waals surface area contributed by atoms with Gasteiger partial charge in [0.05, 0.1) is 6.20 Å². The molecule has 1 aromatic heterocycles. The Kier molecular flexibility index (Phi) is 4.40. The molecule has 1 unspecified atom stereocenters. The largest absolute Gasteiger partial charge is 0.352 e. The van der Waals surface area contributed by atoms with Crippen LogP contribution in [0.25, 0.3) is 0 Å². The van der Waals surface area contributed by atoms with E-state index in [1.807, 2.05) is 0 Å². The van der Waals surface area contributed by atoms with Crippen LogP contribution in [0, 0.1) is 5.82 Å². The molecular weight excluding hydrogens is 267 g/mol. The van der Waals surface area contributed by atoms with Crippen LogP contribution in [0.2, 0.25) is 0 Å². The number of pyridine rings is 1. The van der Waals surface area contributed by atoms with E-state index >= 15 is 0 Å². The van der Waals surface area contributed by atoms with Crippen LogP contribution in [0.3, 0.4) is 0 Å². The standard InChI is InChI=1S/C16H25FN4/c1-12-11-20(2)6-3-7-21(12)16-13(8-14(17)10-19-16)9-18-15-4-5-15/h8,10,12,15,18H,3-7,9,11H2,1-2H3. The first-order valence-electron chi connectivity index (χ1n) is 7.96. The molecule has 1 aliphatic heterocycles. The van der Waals surface area contributed by atoms with Gasteiger partial charge in [0.25, 0.3) is 0 Å². The Morgan fingerprint density at radius 2 is 2.19 bits per heavy atom. The first-order valence-corrected chi connectivity index (χ1v) is 7.96. The van der Waals surface area contributed by atoms with Crippen molar-refractivity contribution >= 4 is 5.82 Å². The Bertz CT molecular complexity index is 489. The third-order valence-corrected chi connectivity index (χ3v) is 4.39. The summed E-state index contributed by atoms with van der Waals surface area (Å²) >= 11 is 0. The van der Waals surface area contributed by atoms with Crippen molar-refractivity contribution in [3.63, 3.8) is 0 Å². The fourth-order valence-electron chi connectivity index (χ4n) is 3.09. The molecule has 5 heteroatoms. The van der Waals surface area contributed by atoms with E-state index in [9.17, 15) is 4.39 Å². The maximum atomic E-state index is 13.6. The van der Waals surface area contributed by atoms with Crippen LogP contribution < -0.4 is 10.2 Å². The van der Waals surface area contributed by atoms with Crippen molar-refractivity contribution in [1.29, 1.82) is 0 Å². The Morgan fingerprint density at radius 3 is 2.95 bits per heavy atom. The number of rotatable bonds is 4. The molecule has 1 atom stereocenters. The van der Waals surface area contributed by atoms with Crippen molar-refractivity contribution in [3.8, 4) is 0 Å². The first-order chi connectivity index (χ1) is 10.1. The minimum atomic E-state index is -0.245. The molecule has 0 bridgehead atoms. The van der Waals surface area contributed by atoms with Crippen molar-refractivity contribution in [1.82, 2.24) is 15.2 Å². The van der Waals surface area contributed by atoms with E-state index in [4.69, 9.17) is 0 Å². The van der Waals surface area contributed by atoms with Crippen LogP contribution in [0.1, 0.15) is 31.7 Å². The lowest BCUT2D eigenvalue weighted by Gasteiger charge is -2.30. The molecule has 0 aromatic carbocycles. The molecule has 2 fully saturated rings. The highest BCUT2D eigenvalue weighted by Gasteiger charge is 2.25. The number of hydrogen-bond acceptors (Lipinski definition) is 4. The lowest BCUT2D eigenvalue weighted by Crippen LogP contribution is -2.39. The van der Waals surface area contributed by atoms with Gasteiger partial charge in [0.1, 0.15) is 11.6 Å². The van der Waals surface area contributed by atoms with Crippen LogP contribution in [0.4, 0.5) is 10.2 Å². The van der Waals surface area contributed by atoms with Gasteiger partial charge in [-0.05, 0) is 45.8 Å². The summed E-state index contributed by atoms with van der Waals surface area (Å²) in [7, 11) is 2.16. The van der Waals surface area contributed by atoms with Crippen molar-refractivity contribution in [2.45, 2.75) is 44.8 Å². The van der Waals surface area contributed by atoms with E-state index in [1.54, 1.807) is 6.07 Å². The third kappa shape index (κ3) is 3.71. The molecular formula is C16H25FN4. The smallest absolute Gasteiger partial charge is 0.141 e. The minimum absolute atomic E-state index is 0.245. The zero-order valence-electron chi connectivity index (χ0n) is 13.0. The number of nitrogens with one attached hydrogen (secondary N) is 1. The fraction of sp³-hybridized carbons (Fsp3) is 0.688. The molecule has 3 rings (SSSR count). The topological polar surface area (TPSA) is 31.4 Å². The Balaban J connectivity index is 1.81. The van der Waals surface area contributed by atoms with Crippen molar-refractivity contribution in [2.24, 2.45) is 0 Å². The van der Waals surface area contributed by atoms with Crippen LogP contribution >= 0.6 is 0 Å². The van der Waals surface area contributed by atoms with Gasteiger partial charge in [-0.2, -0.15) is 0 Å². The van der Waals surface area contributed by atoms with E-state index in [2.05, 4.69) is 34.1 Å². The van der Waals surface area contributed by atoms with Gasteiger partial charge in [-0.15, -0.1) is 0 Å². The average Bonchev–Trinajstić information content (AvgIpc) is 3.26. The van der Waals surface area contributed by atoms with Crippen LogP contribution in [0.15, 0.2) is 12.3 Å². The van der Waals surface area contributed by atoms with E-state index in [0.717, 1.165) is 37.4 Å². The summed E-state index contributed by atoms with van der Waals surface area (Å²) < 4.78 is 13.6. The van der Waals surface area contributed by atoms with Crippen LogP contribution in [0.5, 0.6) is 0 Å². The molecule has 0 amide bonds. The monoisotopic (exact) mass is 292 g/mol. The number of nitrogens with zero attached hydrogens (tertiary/aromatic N) is 3. The van der Waals surface area contributed by atoms with E-state index in [0.29, 0.717) is 18.6 Å². The highest BCUT2D eigenvalue weighted by Crippen LogP contribution is 2.25. The third-order valence-electron chi connectivity index (χ3n) is 4.39. The Hall–Kier alpha value is -1.20. The van der Waals surface area contributed by atoms with Gasteiger partial charge in [-0.1, -0.05) is 0 Å². The van der Waals surface area contributed by atoms with E-state index < -0.39 is 0 Å². The summed E-state index contributed by atoms with van der Waals surface area (Å²) in [5.74, 6) is 0.707. The molecule has 116 valence electrons. The van der Waals surface area contributed by atoms with E-state index in [1.165, 1.54) is 19.0 Å². The molecule has 0 spiro atoms. The zero-order valence-corrected chi connectivity index (χ0v) is 13.0. The molecule has 1 saturated heterocycles. The van der Waals surface area contributed by atoms with Gasteiger partial charge in [0, 0.05) is 37.3 Å². The predicted molar refractivity (Wildman–Crippen MR) is 83.0 cm³/mol. The normalized spacial score (nSPS) is 24.1. The van der Waals surface area contributed by atoms with Crippen LogP contribution in [-0.2, 0) is 6.54 Å². The average molecular weight is 292 g/mol. The number of aromatic nitrogens is 1. The fourth-order valence-corrected chi connectivity index (χ4v) is 3.09. The Labute approximate surface area is 126 Å². The predicted octanol–water partition coefficient (Wildman–Crippen LogP) is 2.00. The highest BCUT2D eigenvalue weighted by atomic mass is 19.1. The van der Waals surface area contributed by atoms with Crippen LogP contribution in [-0.4, -0.2) is 48.6 Å². The number of likely N-dealkylation sites (N-methyl/N-ethyl adjacent to an activating group) is 1. The quantitative estimate of drug-likeness (QED) is 0.920. The molecule has 2 aliphatic rings. The molecule has 0 radical (unpaired) electrons. The molecule has 4 nitrogen and oxygen atoms in total. The summed E-state index contributed by atoms with van der Waals surface area (Å²) in [5, 5.41) is 3.48. The minimum Gasteiger partial charge on any atom is -0.352 e. The first kappa shape index (κ1) is 14.7. The zero-order chi connectivity index (χ0) is 14.8. The van der Waals surface area contributed by atoms with Gasteiger partial charge in [0.2, 0.25) is 0 Å². The molecule has 1 aromatic rings. The summed E-state index contributed by atoms with van der Waals surface area (Å²) in [6.07, 6.45) is 4.94. The molecule has 1 N–H and O–H groups in total. The number of anilines is 1. The van der Waals surface area contributed by atoms with Crippen molar-refractivity contribution in [3.05, 3.63) is 23.6 Å². The van der Waals surface area contributed by atoms with Gasteiger partial charge in [0.15, 0.2) is 0 Å².